The molecule has 1 fully saturated rings. The number of carbonyl (C=O) groups is 1. The molecule has 2 unspecified atom stereocenters. The van der Waals surface area contributed by atoms with E-state index in [1.165, 1.54) is 0 Å². The Morgan fingerprint density at radius 1 is 1.61 bits per heavy atom. The maximum absolute atomic E-state index is 12.3. The van der Waals surface area contributed by atoms with E-state index in [2.05, 4.69) is 10.1 Å². The summed E-state index contributed by atoms with van der Waals surface area (Å²) in [6, 6.07) is 1.94. The highest BCUT2D eigenvalue weighted by Crippen LogP contribution is 2.21. The summed E-state index contributed by atoms with van der Waals surface area (Å²) < 4.78 is 5.22. The van der Waals surface area contributed by atoms with Gasteiger partial charge in [-0.15, -0.1) is 0 Å². The highest BCUT2D eigenvalue weighted by molar-refractivity contribution is 7.08. The minimum atomic E-state index is -0.366. The monoisotopic (exact) mass is 335 g/mol. The number of hydrogen-bond donors (Lipinski definition) is 1. The molecule has 124 valence electrons. The number of thiophene rings is 1. The Morgan fingerprint density at radius 3 is 3.22 bits per heavy atom. The first-order valence-corrected chi connectivity index (χ1v) is 8.89. The molecule has 0 bridgehead atoms. The lowest BCUT2D eigenvalue weighted by atomic mass is 9.93. The van der Waals surface area contributed by atoms with E-state index in [1.54, 1.807) is 18.3 Å². The molecule has 0 spiro atoms. The van der Waals surface area contributed by atoms with Crippen molar-refractivity contribution in [2.45, 2.75) is 38.7 Å². The minimum Gasteiger partial charge on any atom is -0.393 e. The summed E-state index contributed by atoms with van der Waals surface area (Å²) in [5.74, 6) is 1.33. The summed E-state index contributed by atoms with van der Waals surface area (Å²) in [6.07, 6.45) is 2.37. The Bertz CT molecular complexity index is 639. The molecule has 3 heterocycles. The molecule has 3 rings (SSSR count). The van der Waals surface area contributed by atoms with Crippen LogP contribution in [0, 0.1) is 5.92 Å². The maximum atomic E-state index is 12.3. The van der Waals surface area contributed by atoms with Gasteiger partial charge in [0.1, 0.15) is 0 Å². The van der Waals surface area contributed by atoms with Gasteiger partial charge < -0.3 is 14.5 Å². The molecule has 2 aromatic heterocycles. The number of rotatable bonds is 5. The number of aromatic nitrogens is 2. The topological polar surface area (TPSA) is 79.5 Å². The van der Waals surface area contributed by atoms with Crippen molar-refractivity contribution in [2.75, 3.05) is 13.1 Å². The molecule has 23 heavy (non-hydrogen) atoms. The van der Waals surface area contributed by atoms with Crippen LogP contribution in [0.4, 0.5) is 0 Å². The van der Waals surface area contributed by atoms with Crippen molar-refractivity contribution in [3.05, 3.63) is 22.7 Å². The Balaban J connectivity index is 1.53. The van der Waals surface area contributed by atoms with Crippen molar-refractivity contribution in [3.63, 3.8) is 0 Å². The molecule has 0 aliphatic carbocycles. The van der Waals surface area contributed by atoms with E-state index < -0.39 is 0 Å². The highest BCUT2D eigenvalue weighted by atomic mass is 32.1. The second-order valence-electron chi connectivity index (χ2n) is 6.01. The number of piperidine rings is 1. The van der Waals surface area contributed by atoms with Gasteiger partial charge in [-0.1, -0.05) is 5.16 Å². The number of amides is 1. The molecule has 1 N–H and O–H groups in total. The van der Waals surface area contributed by atoms with E-state index in [9.17, 15) is 9.90 Å². The first-order chi connectivity index (χ1) is 11.1. The van der Waals surface area contributed by atoms with Crippen molar-refractivity contribution >= 4 is 17.2 Å². The van der Waals surface area contributed by atoms with Gasteiger partial charge in [0, 0.05) is 42.8 Å². The average molecular weight is 335 g/mol. The van der Waals surface area contributed by atoms with Crippen LogP contribution in [-0.2, 0) is 11.2 Å². The number of aliphatic hydroxyl groups excluding tert-OH is 1. The molecular formula is C16H21N3O3S. The summed E-state index contributed by atoms with van der Waals surface area (Å²) in [4.78, 5) is 18.5. The summed E-state index contributed by atoms with van der Waals surface area (Å²) >= 11 is 1.58. The lowest BCUT2D eigenvalue weighted by Gasteiger charge is -2.34. The van der Waals surface area contributed by atoms with Crippen LogP contribution in [0.3, 0.4) is 0 Å². The number of carbonyl (C=O) groups excluding carboxylic acids is 1. The lowest BCUT2D eigenvalue weighted by molar-refractivity contribution is -0.133. The van der Waals surface area contributed by atoms with Crippen LogP contribution in [0.5, 0.6) is 0 Å². The Hall–Kier alpha value is -1.73. The van der Waals surface area contributed by atoms with Crippen LogP contribution in [0.25, 0.3) is 11.4 Å². The molecule has 7 heteroatoms. The van der Waals surface area contributed by atoms with E-state index in [4.69, 9.17) is 4.52 Å². The maximum Gasteiger partial charge on any atom is 0.227 e. The SMILES string of the molecule is CC(O)C1CCCN(C(=O)CCc2nc(-c3ccsc3)no2)C1. The molecule has 0 radical (unpaired) electrons. The van der Waals surface area contributed by atoms with Crippen LogP contribution < -0.4 is 0 Å². The Kier molecular flexibility index (Phi) is 5.07. The van der Waals surface area contributed by atoms with Gasteiger partial charge in [-0.2, -0.15) is 16.3 Å². The minimum absolute atomic E-state index is 0.0885. The Labute approximate surface area is 139 Å². The molecule has 1 amide bonds. The zero-order chi connectivity index (χ0) is 16.2. The molecule has 1 saturated heterocycles. The van der Waals surface area contributed by atoms with Crippen molar-refractivity contribution in [1.82, 2.24) is 15.0 Å². The number of likely N-dealkylation sites (tertiary alicyclic amines) is 1. The van der Waals surface area contributed by atoms with E-state index in [-0.39, 0.29) is 17.9 Å². The van der Waals surface area contributed by atoms with Gasteiger partial charge in [-0.3, -0.25) is 4.79 Å². The van der Waals surface area contributed by atoms with Gasteiger partial charge in [-0.25, -0.2) is 0 Å². The lowest BCUT2D eigenvalue weighted by Crippen LogP contribution is -2.43. The fourth-order valence-corrected chi connectivity index (χ4v) is 3.50. The standard InChI is InChI=1S/C16H21N3O3S/c1-11(20)12-3-2-7-19(9-12)15(21)5-4-14-17-16(18-22-14)13-6-8-23-10-13/h6,8,10-12,20H,2-5,7,9H2,1H3. The van der Waals surface area contributed by atoms with E-state index in [1.807, 2.05) is 21.7 Å². The second-order valence-corrected chi connectivity index (χ2v) is 6.79. The number of aryl methyl sites for hydroxylation is 1. The third-order valence-corrected chi connectivity index (χ3v) is 4.98. The van der Waals surface area contributed by atoms with Gasteiger partial charge in [0.25, 0.3) is 0 Å². The highest BCUT2D eigenvalue weighted by Gasteiger charge is 2.26. The van der Waals surface area contributed by atoms with Gasteiger partial charge >= 0.3 is 0 Å². The van der Waals surface area contributed by atoms with E-state index in [0.29, 0.717) is 31.1 Å². The van der Waals surface area contributed by atoms with Crippen LogP contribution in [-0.4, -0.2) is 45.2 Å². The number of nitrogens with zero attached hydrogens (tertiary/aromatic N) is 3. The number of hydrogen-bond acceptors (Lipinski definition) is 6. The van der Waals surface area contributed by atoms with Gasteiger partial charge in [0.2, 0.25) is 17.6 Å². The first-order valence-electron chi connectivity index (χ1n) is 7.94. The Morgan fingerprint density at radius 2 is 2.48 bits per heavy atom. The third kappa shape index (κ3) is 3.97. The van der Waals surface area contributed by atoms with E-state index in [0.717, 1.165) is 24.9 Å². The van der Waals surface area contributed by atoms with Gasteiger partial charge in [0.05, 0.1) is 6.10 Å². The fraction of sp³-hybridized carbons (Fsp3) is 0.562. The zero-order valence-electron chi connectivity index (χ0n) is 13.1. The molecule has 2 atom stereocenters. The summed E-state index contributed by atoms with van der Waals surface area (Å²) in [5.41, 5.74) is 0.937. The molecule has 0 aromatic carbocycles. The van der Waals surface area contributed by atoms with Crippen LogP contribution in [0.2, 0.25) is 0 Å². The molecule has 2 aromatic rings. The van der Waals surface area contributed by atoms with Crippen molar-refractivity contribution in [2.24, 2.45) is 5.92 Å². The predicted molar refractivity (Wildman–Crippen MR) is 86.9 cm³/mol. The van der Waals surface area contributed by atoms with Crippen molar-refractivity contribution in [1.29, 1.82) is 0 Å². The summed E-state index contributed by atoms with van der Waals surface area (Å²) in [7, 11) is 0. The van der Waals surface area contributed by atoms with Crippen LogP contribution >= 0.6 is 11.3 Å². The molecular weight excluding hydrogens is 314 g/mol. The number of aliphatic hydroxyl groups is 1. The van der Waals surface area contributed by atoms with Gasteiger partial charge in [0.15, 0.2) is 0 Å². The third-order valence-electron chi connectivity index (χ3n) is 4.29. The summed E-state index contributed by atoms with van der Waals surface area (Å²) in [5, 5.41) is 17.6. The smallest absolute Gasteiger partial charge is 0.227 e. The van der Waals surface area contributed by atoms with Crippen LogP contribution in [0.1, 0.15) is 32.1 Å². The average Bonchev–Trinajstić information content (AvgIpc) is 3.23. The molecule has 1 aliphatic heterocycles. The zero-order valence-corrected chi connectivity index (χ0v) is 14.0. The van der Waals surface area contributed by atoms with Crippen molar-refractivity contribution in [3.8, 4) is 11.4 Å². The molecule has 0 saturated carbocycles. The van der Waals surface area contributed by atoms with E-state index >= 15 is 0 Å². The predicted octanol–water partition coefficient (Wildman–Crippen LogP) is 2.35. The fourth-order valence-electron chi connectivity index (χ4n) is 2.87. The van der Waals surface area contributed by atoms with Gasteiger partial charge in [-0.05, 0) is 31.2 Å². The molecule has 1 aliphatic rings. The van der Waals surface area contributed by atoms with Crippen molar-refractivity contribution < 1.29 is 14.4 Å². The summed E-state index contributed by atoms with van der Waals surface area (Å²) in [6.45, 7) is 3.20. The molecule has 6 nitrogen and oxygen atoms in total. The quantitative estimate of drug-likeness (QED) is 0.907. The first kappa shape index (κ1) is 16.1. The second kappa shape index (κ2) is 7.23. The van der Waals surface area contributed by atoms with Crippen LogP contribution in [0.15, 0.2) is 21.3 Å². The normalized spacial score (nSPS) is 19.7. The largest absolute Gasteiger partial charge is 0.393 e.